The Hall–Kier alpha value is -0.730. The first-order valence-electron chi connectivity index (χ1n) is 4.28. The highest BCUT2D eigenvalue weighted by molar-refractivity contribution is 7.99. The number of benzene rings is 1. The third-order valence-electron chi connectivity index (χ3n) is 1.70. The van der Waals surface area contributed by atoms with E-state index in [9.17, 15) is 0 Å². The number of nitriles is 1. The fraction of sp³-hybridized carbons (Fsp3) is 0.300. The molecule has 1 atom stereocenters. The molecule has 0 amide bonds. The molecule has 0 aliphatic heterocycles. The summed E-state index contributed by atoms with van der Waals surface area (Å²) in [5, 5.41) is 26.9. The van der Waals surface area contributed by atoms with Crippen LogP contribution >= 0.6 is 23.4 Å². The lowest BCUT2D eigenvalue weighted by Crippen LogP contribution is -2.14. The van der Waals surface area contributed by atoms with Crippen molar-refractivity contribution in [3.8, 4) is 6.07 Å². The summed E-state index contributed by atoms with van der Waals surface area (Å²) >= 11 is 7.27. The van der Waals surface area contributed by atoms with Crippen LogP contribution in [0.25, 0.3) is 0 Å². The zero-order chi connectivity index (χ0) is 11.3. The normalized spacial score (nSPS) is 12.1. The van der Waals surface area contributed by atoms with E-state index in [0.29, 0.717) is 16.3 Å². The molecule has 0 aliphatic rings. The van der Waals surface area contributed by atoms with Crippen LogP contribution in [0.3, 0.4) is 0 Å². The van der Waals surface area contributed by atoms with Gasteiger partial charge in [-0.1, -0.05) is 11.6 Å². The summed E-state index contributed by atoms with van der Waals surface area (Å²) in [5.41, 5.74) is 0.507. The van der Waals surface area contributed by atoms with Crippen LogP contribution < -0.4 is 0 Å². The van der Waals surface area contributed by atoms with Crippen LogP contribution in [-0.4, -0.2) is 28.7 Å². The van der Waals surface area contributed by atoms with Gasteiger partial charge in [0.2, 0.25) is 0 Å². The average Bonchev–Trinajstić information content (AvgIpc) is 2.26. The molecule has 1 unspecified atom stereocenters. The van der Waals surface area contributed by atoms with Gasteiger partial charge in [-0.05, 0) is 18.2 Å². The molecule has 0 fully saturated rings. The van der Waals surface area contributed by atoms with Crippen molar-refractivity contribution in [2.75, 3.05) is 12.4 Å². The molecular weight excluding hydrogens is 234 g/mol. The quantitative estimate of drug-likeness (QED) is 0.790. The first-order chi connectivity index (χ1) is 7.17. The van der Waals surface area contributed by atoms with Gasteiger partial charge in [0, 0.05) is 10.6 Å². The number of nitrogens with zero attached hydrogens (tertiary/aromatic N) is 1. The Balaban J connectivity index is 2.67. The Morgan fingerprint density at radius 3 is 2.80 bits per heavy atom. The number of thioether (sulfide) groups is 1. The van der Waals surface area contributed by atoms with Gasteiger partial charge in [-0.3, -0.25) is 0 Å². The summed E-state index contributed by atoms with van der Waals surface area (Å²) < 4.78 is 0. The predicted molar refractivity (Wildman–Crippen MR) is 60.0 cm³/mol. The Morgan fingerprint density at radius 1 is 1.53 bits per heavy atom. The maximum absolute atomic E-state index is 9.14. The zero-order valence-electron chi connectivity index (χ0n) is 7.85. The lowest BCUT2D eigenvalue weighted by atomic mass is 10.2. The van der Waals surface area contributed by atoms with Gasteiger partial charge >= 0.3 is 0 Å². The molecule has 5 heteroatoms. The molecule has 1 rings (SSSR count). The minimum absolute atomic E-state index is 0.263. The van der Waals surface area contributed by atoms with E-state index < -0.39 is 6.10 Å². The molecule has 0 aromatic heterocycles. The van der Waals surface area contributed by atoms with Gasteiger partial charge in [-0.15, -0.1) is 11.8 Å². The van der Waals surface area contributed by atoms with Crippen molar-refractivity contribution in [1.82, 2.24) is 0 Å². The van der Waals surface area contributed by atoms with E-state index in [4.69, 9.17) is 27.1 Å². The molecule has 0 bridgehead atoms. The van der Waals surface area contributed by atoms with Gasteiger partial charge in [0.1, 0.15) is 0 Å². The van der Waals surface area contributed by atoms with Crippen LogP contribution in [0.5, 0.6) is 0 Å². The highest BCUT2D eigenvalue weighted by Gasteiger charge is 2.06. The van der Waals surface area contributed by atoms with Crippen molar-refractivity contribution >= 4 is 23.4 Å². The van der Waals surface area contributed by atoms with E-state index in [-0.39, 0.29) is 6.61 Å². The third-order valence-corrected chi connectivity index (χ3v) is 3.35. The lowest BCUT2D eigenvalue weighted by Gasteiger charge is -2.07. The van der Waals surface area contributed by atoms with E-state index in [1.165, 1.54) is 11.8 Å². The van der Waals surface area contributed by atoms with Crippen molar-refractivity contribution in [3.05, 3.63) is 28.8 Å². The molecule has 0 saturated carbocycles. The van der Waals surface area contributed by atoms with E-state index in [1.807, 2.05) is 6.07 Å². The summed E-state index contributed by atoms with van der Waals surface area (Å²) in [6.45, 7) is -0.263. The standard InChI is InChI=1S/C10H10ClNO2S/c11-9-3-7(4-12)1-2-10(9)15-6-8(14)5-13/h1-3,8,13-14H,5-6H2. The first-order valence-corrected chi connectivity index (χ1v) is 5.65. The summed E-state index contributed by atoms with van der Waals surface area (Å²) in [4.78, 5) is 0.795. The predicted octanol–water partition coefficient (Wildman–Crippen LogP) is 1.66. The van der Waals surface area contributed by atoms with Gasteiger partial charge in [0.25, 0.3) is 0 Å². The van der Waals surface area contributed by atoms with Crippen LogP contribution in [0, 0.1) is 11.3 Å². The fourth-order valence-electron chi connectivity index (χ4n) is 0.926. The summed E-state index contributed by atoms with van der Waals surface area (Å²) in [7, 11) is 0. The molecule has 80 valence electrons. The summed E-state index contributed by atoms with van der Waals surface area (Å²) in [5.74, 6) is 0.377. The van der Waals surface area contributed by atoms with E-state index in [1.54, 1.807) is 18.2 Å². The van der Waals surface area contributed by atoms with Gasteiger partial charge in [0.05, 0.1) is 29.4 Å². The van der Waals surface area contributed by atoms with Gasteiger partial charge in [-0.25, -0.2) is 0 Å². The van der Waals surface area contributed by atoms with Crippen molar-refractivity contribution in [2.24, 2.45) is 0 Å². The molecule has 0 spiro atoms. The molecule has 1 aromatic carbocycles. The smallest absolute Gasteiger partial charge is 0.0992 e. The average molecular weight is 244 g/mol. The molecule has 1 aromatic rings. The lowest BCUT2D eigenvalue weighted by molar-refractivity contribution is 0.113. The van der Waals surface area contributed by atoms with Crippen molar-refractivity contribution in [1.29, 1.82) is 5.26 Å². The molecule has 15 heavy (non-hydrogen) atoms. The van der Waals surface area contributed by atoms with Crippen LogP contribution in [0.2, 0.25) is 5.02 Å². The van der Waals surface area contributed by atoms with Crippen LogP contribution in [0.15, 0.2) is 23.1 Å². The molecule has 2 N–H and O–H groups in total. The summed E-state index contributed by atoms with van der Waals surface area (Å²) in [6, 6.07) is 6.96. The largest absolute Gasteiger partial charge is 0.394 e. The second-order valence-electron chi connectivity index (χ2n) is 2.90. The molecule has 0 radical (unpaired) electrons. The van der Waals surface area contributed by atoms with E-state index in [0.717, 1.165) is 4.90 Å². The van der Waals surface area contributed by atoms with Crippen LogP contribution in [-0.2, 0) is 0 Å². The van der Waals surface area contributed by atoms with Crippen molar-refractivity contribution < 1.29 is 10.2 Å². The minimum atomic E-state index is -0.748. The van der Waals surface area contributed by atoms with Crippen LogP contribution in [0.1, 0.15) is 5.56 Å². The Kier molecular flexibility index (Phi) is 4.92. The minimum Gasteiger partial charge on any atom is -0.394 e. The molecule has 3 nitrogen and oxygen atoms in total. The van der Waals surface area contributed by atoms with E-state index >= 15 is 0 Å². The molecule has 0 saturated heterocycles. The number of hydrogen-bond donors (Lipinski definition) is 2. The van der Waals surface area contributed by atoms with E-state index in [2.05, 4.69) is 0 Å². The Morgan fingerprint density at radius 2 is 2.27 bits per heavy atom. The number of aliphatic hydroxyl groups is 2. The topological polar surface area (TPSA) is 64.2 Å². The summed E-state index contributed by atoms with van der Waals surface area (Å²) in [6.07, 6.45) is -0.748. The Bertz CT molecular complexity index is 378. The number of halogens is 1. The molecular formula is C10H10ClNO2S. The maximum atomic E-state index is 9.14. The van der Waals surface area contributed by atoms with Gasteiger partial charge in [0.15, 0.2) is 0 Å². The second-order valence-corrected chi connectivity index (χ2v) is 4.37. The maximum Gasteiger partial charge on any atom is 0.0992 e. The monoisotopic (exact) mass is 243 g/mol. The first kappa shape index (κ1) is 12.3. The molecule has 0 heterocycles. The number of aliphatic hydroxyl groups excluding tert-OH is 2. The van der Waals surface area contributed by atoms with Crippen molar-refractivity contribution in [3.63, 3.8) is 0 Å². The number of rotatable bonds is 4. The SMILES string of the molecule is N#Cc1ccc(SCC(O)CO)c(Cl)c1. The van der Waals surface area contributed by atoms with Gasteiger partial charge < -0.3 is 10.2 Å². The highest BCUT2D eigenvalue weighted by atomic mass is 35.5. The van der Waals surface area contributed by atoms with Gasteiger partial charge in [-0.2, -0.15) is 5.26 Å². The second kappa shape index (κ2) is 5.99. The fourth-order valence-corrected chi connectivity index (χ4v) is 2.11. The highest BCUT2D eigenvalue weighted by Crippen LogP contribution is 2.28. The zero-order valence-corrected chi connectivity index (χ0v) is 9.42. The molecule has 0 aliphatic carbocycles. The third kappa shape index (κ3) is 3.73. The Labute approximate surface area is 97.3 Å². The van der Waals surface area contributed by atoms with Crippen molar-refractivity contribution in [2.45, 2.75) is 11.0 Å². The van der Waals surface area contributed by atoms with Crippen LogP contribution in [0.4, 0.5) is 0 Å². The number of hydrogen-bond acceptors (Lipinski definition) is 4.